The summed E-state index contributed by atoms with van der Waals surface area (Å²) in [6, 6.07) is 0. The van der Waals surface area contributed by atoms with E-state index in [4.69, 9.17) is 103 Å². The van der Waals surface area contributed by atoms with Gasteiger partial charge in [0, 0.05) is 126 Å². The molecule has 2 rings (SSSR count). The molecule has 9 N–H and O–H groups in total. The Morgan fingerprint density at radius 3 is 0.603 bits per heavy atom. The first-order valence-corrected chi connectivity index (χ1v) is 20.2. The van der Waals surface area contributed by atoms with Crippen LogP contribution in [0.15, 0.2) is 0 Å². The molecular formula is C25H56Cl4Cu2N8O19. The topological polar surface area (TPSA) is 508 Å². The van der Waals surface area contributed by atoms with E-state index in [-0.39, 0.29) is 34.1 Å². The van der Waals surface area contributed by atoms with Crippen molar-refractivity contribution in [3.05, 3.63) is 0 Å². The molecule has 360 valence electrons. The van der Waals surface area contributed by atoms with Gasteiger partial charge in [-0.05, 0) is 0 Å². The molecule has 0 atom stereocenters. The van der Waals surface area contributed by atoms with Crippen molar-refractivity contribution in [1.29, 1.82) is 0 Å². The van der Waals surface area contributed by atoms with Crippen LogP contribution in [0.2, 0.25) is 0 Å². The van der Waals surface area contributed by atoms with Crippen molar-refractivity contribution in [2.75, 3.05) is 139 Å². The number of hydrogen-bond acceptors (Lipinski definition) is 27. The molecule has 2 aliphatic rings. The minimum atomic E-state index is -4.94. The molecule has 2 heterocycles. The van der Waals surface area contributed by atoms with Crippen molar-refractivity contribution in [2.24, 2.45) is 0 Å². The summed E-state index contributed by atoms with van der Waals surface area (Å²) >= 11 is 0. The first kappa shape index (κ1) is 78.7. The standard InChI is InChI=1S/2C11H22N4.3CH4O.4ClHO4.2Cu/c2*1-2-9-15-10-7-13-5-3-12-4-6-14-8-11-15;3*1-2;4*2-1(3,4)5;;/h2*1,12-14H,3-11H2;3*2H,1H3;4*(H,2,3,4,5);;/q;;;;;;;;;2*+2/p-4. The molecule has 33 heteroatoms. The van der Waals surface area contributed by atoms with E-state index >= 15 is 0 Å². The van der Waals surface area contributed by atoms with E-state index in [9.17, 15) is 0 Å². The van der Waals surface area contributed by atoms with Crippen LogP contribution in [0.4, 0.5) is 0 Å². The molecule has 0 aliphatic carbocycles. The number of nitrogens with one attached hydrogen (secondary N) is 6. The zero-order valence-electron chi connectivity index (χ0n) is 31.8. The summed E-state index contributed by atoms with van der Waals surface area (Å²) < 4.78 is 136. The van der Waals surface area contributed by atoms with Crippen molar-refractivity contribution in [3.8, 4) is 24.7 Å². The van der Waals surface area contributed by atoms with Gasteiger partial charge in [0.15, 0.2) is 0 Å². The first-order valence-electron chi connectivity index (χ1n) is 15.2. The zero-order chi connectivity index (χ0) is 45.5. The Kier molecular flexibility index (Phi) is 77.7. The van der Waals surface area contributed by atoms with Gasteiger partial charge >= 0.3 is 34.1 Å². The largest absolute Gasteiger partial charge is 2.00 e. The van der Waals surface area contributed by atoms with Gasteiger partial charge in [-0.3, -0.25) is 9.80 Å². The molecule has 58 heavy (non-hydrogen) atoms. The summed E-state index contributed by atoms with van der Waals surface area (Å²) in [5.74, 6) is 5.42. The van der Waals surface area contributed by atoms with E-state index in [2.05, 4.69) is 53.5 Å². The summed E-state index contributed by atoms with van der Waals surface area (Å²) in [7, 11) is -16.8. The fraction of sp³-hybridized carbons (Fsp3) is 0.840. The Balaban J connectivity index is -0.0000000737. The normalized spacial score (nSPS) is 16.0. The summed E-state index contributed by atoms with van der Waals surface area (Å²) in [4.78, 5) is 4.60. The van der Waals surface area contributed by atoms with Gasteiger partial charge in [0.2, 0.25) is 0 Å². The third-order valence-electron chi connectivity index (χ3n) is 4.96. The molecule has 2 fully saturated rings. The number of hydrogen-bond donors (Lipinski definition) is 9. The molecule has 0 amide bonds. The molecule has 0 aromatic rings. The van der Waals surface area contributed by atoms with Crippen molar-refractivity contribution in [3.63, 3.8) is 0 Å². The Morgan fingerprint density at radius 1 is 0.362 bits per heavy atom. The summed E-state index contributed by atoms with van der Waals surface area (Å²) in [6.45, 7) is 18.0. The number of aliphatic hydroxyl groups excluding tert-OH is 3. The minimum absolute atomic E-state index is 0. The van der Waals surface area contributed by atoms with Crippen molar-refractivity contribution in [1.82, 2.24) is 41.7 Å². The quantitative estimate of drug-likeness (QED) is 0.0916. The maximum absolute atomic E-state index is 8.49. The van der Waals surface area contributed by atoms with Crippen molar-refractivity contribution < 1.29 is 165 Å². The van der Waals surface area contributed by atoms with Crippen LogP contribution in [0.1, 0.15) is 0 Å². The Hall–Kier alpha value is 0.239. The fourth-order valence-corrected chi connectivity index (χ4v) is 3.20. The van der Waals surface area contributed by atoms with E-state index in [0.717, 1.165) is 139 Å². The SMILES string of the molecule is C#CCN1CCNCCNCCNCC1.C#CCN1CCNCCNCCNCC1.CO.CO.CO.[Cu+2].[Cu+2].[O-][Cl+3]([O-])([O-])[O-].[O-][Cl+3]([O-])([O-])[O-].[O-][Cl+3]([O-])([O-])[O-].[O-][Cl+3]([O-])([O-])[O-]. The number of nitrogens with zero attached hydrogens (tertiary/aromatic N) is 2. The maximum Gasteiger partial charge on any atom is 2.00 e. The van der Waals surface area contributed by atoms with Gasteiger partial charge in [0.05, 0.1) is 13.1 Å². The second-order valence-electron chi connectivity index (χ2n) is 8.97. The fourth-order valence-electron chi connectivity index (χ4n) is 3.20. The summed E-state index contributed by atoms with van der Waals surface area (Å²) in [6.07, 6.45) is 10.7. The minimum Gasteiger partial charge on any atom is -0.400 e. The molecule has 0 unspecified atom stereocenters. The van der Waals surface area contributed by atoms with Gasteiger partial charge in [0.25, 0.3) is 0 Å². The number of aliphatic hydroxyl groups is 3. The number of halogens is 4. The van der Waals surface area contributed by atoms with Gasteiger partial charge in [0.1, 0.15) is 0 Å². The second-order valence-corrected chi connectivity index (χ2v) is 12.0. The van der Waals surface area contributed by atoms with Crippen LogP contribution in [0.25, 0.3) is 0 Å². The molecule has 0 saturated carbocycles. The van der Waals surface area contributed by atoms with Gasteiger partial charge in [-0.15, -0.1) is 53.8 Å². The monoisotopic (exact) mass is 1040 g/mol. The average Bonchev–Trinajstić information content (AvgIpc) is 3.04. The van der Waals surface area contributed by atoms with Crippen LogP contribution < -0.4 is 106 Å². The van der Waals surface area contributed by atoms with Crippen LogP contribution in [0.5, 0.6) is 0 Å². The smallest absolute Gasteiger partial charge is 0.400 e. The van der Waals surface area contributed by atoms with Crippen molar-refractivity contribution >= 4 is 0 Å². The van der Waals surface area contributed by atoms with Crippen LogP contribution in [-0.4, -0.2) is 164 Å². The van der Waals surface area contributed by atoms with Crippen LogP contribution >= 0.6 is 0 Å². The Bertz CT molecular complexity index is 712. The third kappa shape index (κ3) is 146. The van der Waals surface area contributed by atoms with E-state index in [1.165, 1.54) is 0 Å². The first-order chi connectivity index (χ1) is 25.9. The number of rotatable bonds is 2. The van der Waals surface area contributed by atoms with Gasteiger partial charge in [-0.2, -0.15) is 0 Å². The van der Waals surface area contributed by atoms with Gasteiger partial charge in [-0.1, -0.05) is 11.8 Å². The molecule has 27 nitrogen and oxygen atoms in total. The summed E-state index contributed by atoms with van der Waals surface area (Å²) in [5, 5.41) is 41.3. The molecular weight excluding hydrogens is 985 g/mol. The van der Waals surface area contributed by atoms with Crippen LogP contribution in [0.3, 0.4) is 0 Å². The Labute approximate surface area is 368 Å². The number of terminal acetylenes is 2. The van der Waals surface area contributed by atoms with Crippen LogP contribution in [-0.2, 0) is 34.1 Å². The van der Waals surface area contributed by atoms with Gasteiger partial charge < -0.3 is 47.2 Å². The molecule has 0 bridgehead atoms. The van der Waals surface area contributed by atoms with E-state index < -0.39 is 41.0 Å². The predicted octanol–water partition coefficient (Wildman–Crippen LogP) is -22.8. The second kappa shape index (κ2) is 57.2. The molecule has 0 spiro atoms. The van der Waals surface area contributed by atoms with Crippen molar-refractivity contribution in [2.45, 2.75) is 0 Å². The Morgan fingerprint density at radius 2 is 0.483 bits per heavy atom. The molecule has 2 radical (unpaired) electrons. The summed E-state index contributed by atoms with van der Waals surface area (Å²) in [5.41, 5.74) is 0. The maximum atomic E-state index is 8.49. The molecule has 2 aliphatic heterocycles. The molecule has 0 aromatic heterocycles. The molecule has 2 saturated heterocycles. The third-order valence-corrected chi connectivity index (χ3v) is 4.96. The van der Waals surface area contributed by atoms with E-state index in [1.807, 2.05) is 0 Å². The average molecular weight is 1040 g/mol. The zero-order valence-corrected chi connectivity index (χ0v) is 36.7. The van der Waals surface area contributed by atoms with Gasteiger partial charge in [-0.25, -0.2) is 74.5 Å². The predicted molar refractivity (Wildman–Crippen MR) is 152 cm³/mol. The van der Waals surface area contributed by atoms with Crippen LogP contribution in [0, 0.1) is 65.7 Å². The molecule has 0 aromatic carbocycles. The van der Waals surface area contributed by atoms with E-state index in [1.54, 1.807) is 0 Å². The van der Waals surface area contributed by atoms with E-state index in [0.29, 0.717) is 0 Å².